The van der Waals surface area contributed by atoms with Crippen LogP contribution >= 0.6 is 0 Å². The Kier molecular flexibility index (Phi) is 7.71. The van der Waals surface area contributed by atoms with Gasteiger partial charge in [0.25, 0.3) is 0 Å². The number of carbonyl (C=O) groups is 1. The van der Waals surface area contributed by atoms with Crippen molar-refractivity contribution in [2.75, 3.05) is 13.2 Å². The van der Waals surface area contributed by atoms with Gasteiger partial charge in [-0.2, -0.15) is 0 Å². The molecule has 0 spiro atoms. The lowest BCUT2D eigenvalue weighted by molar-refractivity contribution is 0.104. The Balaban J connectivity index is 1.65. The molecule has 0 amide bonds. The van der Waals surface area contributed by atoms with Gasteiger partial charge in [-0.15, -0.1) is 0 Å². The van der Waals surface area contributed by atoms with Crippen LogP contribution in [0, 0.1) is 0 Å². The number of phenols is 1. The van der Waals surface area contributed by atoms with E-state index in [1.807, 2.05) is 56.3 Å². The maximum Gasteiger partial charge on any atom is 0.185 e. The van der Waals surface area contributed by atoms with E-state index in [9.17, 15) is 9.90 Å². The van der Waals surface area contributed by atoms with Gasteiger partial charge in [0.05, 0.1) is 13.2 Å². The van der Waals surface area contributed by atoms with Crippen LogP contribution < -0.4 is 14.2 Å². The van der Waals surface area contributed by atoms with Crippen molar-refractivity contribution in [2.45, 2.75) is 20.5 Å². The summed E-state index contributed by atoms with van der Waals surface area (Å²) < 4.78 is 17.2. The highest BCUT2D eigenvalue weighted by Gasteiger charge is 2.07. The van der Waals surface area contributed by atoms with Crippen LogP contribution in [-0.2, 0) is 6.61 Å². The van der Waals surface area contributed by atoms with E-state index in [0.717, 1.165) is 16.9 Å². The Morgan fingerprint density at radius 2 is 1.65 bits per heavy atom. The Morgan fingerprint density at radius 1 is 0.871 bits per heavy atom. The Labute approximate surface area is 182 Å². The number of ketones is 1. The minimum atomic E-state index is -0.180. The van der Waals surface area contributed by atoms with Crippen LogP contribution in [-0.4, -0.2) is 24.1 Å². The third-order valence-corrected chi connectivity index (χ3v) is 4.43. The normalized spacial score (nSPS) is 10.8. The monoisotopic (exact) mass is 418 g/mol. The summed E-state index contributed by atoms with van der Waals surface area (Å²) in [6, 6.07) is 19.5. The van der Waals surface area contributed by atoms with E-state index < -0.39 is 0 Å². The van der Waals surface area contributed by atoms with Crippen molar-refractivity contribution >= 4 is 11.9 Å². The molecule has 0 fully saturated rings. The zero-order chi connectivity index (χ0) is 22.1. The van der Waals surface area contributed by atoms with E-state index in [0.29, 0.717) is 36.9 Å². The smallest absolute Gasteiger partial charge is 0.185 e. The van der Waals surface area contributed by atoms with Gasteiger partial charge < -0.3 is 19.3 Å². The fourth-order valence-corrected chi connectivity index (χ4v) is 2.99. The number of aromatic hydroxyl groups is 1. The number of rotatable bonds is 10. The molecule has 5 nitrogen and oxygen atoms in total. The van der Waals surface area contributed by atoms with E-state index >= 15 is 0 Å². The van der Waals surface area contributed by atoms with Crippen LogP contribution in [0.25, 0.3) is 6.08 Å². The molecular weight excluding hydrogens is 392 g/mol. The summed E-state index contributed by atoms with van der Waals surface area (Å²) in [6.45, 7) is 5.38. The Morgan fingerprint density at radius 3 is 2.42 bits per heavy atom. The summed E-state index contributed by atoms with van der Waals surface area (Å²) in [4.78, 5) is 12.3. The SMILES string of the molecule is CCOc1ccc(COc2cccc(/C=C/C(=O)c3cccc(O)c3)c2)cc1OCC. The summed E-state index contributed by atoms with van der Waals surface area (Å²) >= 11 is 0. The molecule has 0 aliphatic carbocycles. The Bertz CT molecular complexity index is 1060. The third kappa shape index (κ3) is 6.37. The molecule has 0 aliphatic rings. The topological polar surface area (TPSA) is 65.0 Å². The summed E-state index contributed by atoms with van der Waals surface area (Å²) in [7, 11) is 0. The molecule has 3 rings (SSSR count). The van der Waals surface area contributed by atoms with Gasteiger partial charge in [0.2, 0.25) is 0 Å². The minimum Gasteiger partial charge on any atom is -0.508 e. The quantitative estimate of drug-likeness (QED) is 0.340. The standard InChI is InChI=1S/C26H26O5/c1-3-29-25-14-12-20(16-26(25)30-4-2)18-31-23-10-5-7-19(15-23)11-13-24(28)21-8-6-9-22(27)17-21/h5-17,27H,3-4,18H2,1-2H3/b13-11+. The summed E-state index contributed by atoms with van der Waals surface area (Å²) in [6.07, 6.45) is 3.21. The van der Waals surface area contributed by atoms with Gasteiger partial charge in [0, 0.05) is 5.56 Å². The molecule has 0 saturated heterocycles. The second-order valence-electron chi connectivity index (χ2n) is 6.76. The molecule has 3 aromatic rings. The highest BCUT2D eigenvalue weighted by molar-refractivity contribution is 6.07. The molecule has 0 aromatic heterocycles. The van der Waals surface area contributed by atoms with Crippen molar-refractivity contribution in [3.63, 3.8) is 0 Å². The number of phenolic OH excluding ortho intramolecular Hbond substituents is 1. The minimum absolute atomic E-state index is 0.0661. The third-order valence-electron chi connectivity index (χ3n) is 4.43. The van der Waals surface area contributed by atoms with Crippen LogP contribution in [0.3, 0.4) is 0 Å². The maximum atomic E-state index is 12.3. The van der Waals surface area contributed by atoms with Crippen molar-refractivity contribution in [3.8, 4) is 23.0 Å². The molecule has 0 radical (unpaired) electrons. The lowest BCUT2D eigenvalue weighted by atomic mass is 10.1. The molecule has 0 atom stereocenters. The summed E-state index contributed by atoms with van der Waals surface area (Å²) in [5.74, 6) is 2.00. The zero-order valence-corrected chi connectivity index (χ0v) is 17.7. The van der Waals surface area contributed by atoms with Crippen LogP contribution in [0.4, 0.5) is 0 Å². The summed E-state index contributed by atoms with van der Waals surface area (Å²) in [5.41, 5.74) is 2.24. The number of carbonyl (C=O) groups excluding carboxylic acids is 1. The molecule has 0 heterocycles. The molecular formula is C26H26O5. The number of allylic oxidation sites excluding steroid dienone is 1. The first-order valence-corrected chi connectivity index (χ1v) is 10.2. The number of ether oxygens (including phenoxy) is 3. The molecule has 0 bridgehead atoms. The predicted molar refractivity (Wildman–Crippen MR) is 121 cm³/mol. The van der Waals surface area contributed by atoms with Gasteiger partial charge in [-0.3, -0.25) is 4.79 Å². The molecule has 31 heavy (non-hydrogen) atoms. The zero-order valence-electron chi connectivity index (χ0n) is 17.7. The van der Waals surface area contributed by atoms with Gasteiger partial charge in [-0.25, -0.2) is 0 Å². The van der Waals surface area contributed by atoms with E-state index in [4.69, 9.17) is 14.2 Å². The van der Waals surface area contributed by atoms with E-state index in [2.05, 4.69) is 0 Å². The molecule has 0 unspecified atom stereocenters. The first-order chi connectivity index (χ1) is 15.1. The molecule has 0 aliphatic heterocycles. The van der Waals surface area contributed by atoms with Crippen molar-refractivity contribution < 1.29 is 24.1 Å². The van der Waals surface area contributed by atoms with Crippen molar-refractivity contribution in [2.24, 2.45) is 0 Å². The van der Waals surface area contributed by atoms with Gasteiger partial charge in [-0.05, 0) is 67.4 Å². The van der Waals surface area contributed by atoms with Gasteiger partial charge >= 0.3 is 0 Å². The van der Waals surface area contributed by atoms with Crippen molar-refractivity contribution in [1.29, 1.82) is 0 Å². The van der Waals surface area contributed by atoms with Gasteiger partial charge in [0.1, 0.15) is 18.1 Å². The molecule has 3 aromatic carbocycles. The highest BCUT2D eigenvalue weighted by atomic mass is 16.5. The van der Waals surface area contributed by atoms with Crippen LogP contribution in [0.5, 0.6) is 23.0 Å². The summed E-state index contributed by atoms with van der Waals surface area (Å²) in [5, 5.41) is 9.52. The second kappa shape index (κ2) is 10.9. The van der Waals surface area contributed by atoms with Gasteiger partial charge in [0.15, 0.2) is 17.3 Å². The first kappa shape index (κ1) is 22.0. The van der Waals surface area contributed by atoms with Crippen LogP contribution in [0.2, 0.25) is 0 Å². The Hall–Kier alpha value is -3.73. The number of hydrogen-bond acceptors (Lipinski definition) is 5. The number of hydrogen-bond donors (Lipinski definition) is 1. The van der Waals surface area contributed by atoms with Gasteiger partial charge in [-0.1, -0.05) is 36.4 Å². The van der Waals surface area contributed by atoms with E-state index in [1.54, 1.807) is 18.2 Å². The highest BCUT2D eigenvalue weighted by Crippen LogP contribution is 2.29. The predicted octanol–water partition coefficient (Wildman–Crippen LogP) is 5.66. The molecule has 1 N–H and O–H groups in total. The van der Waals surface area contributed by atoms with Crippen LogP contribution in [0.1, 0.15) is 35.3 Å². The average Bonchev–Trinajstić information content (AvgIpc) is 2.78. The van der Waals surface area contributed by atoms with E-state index in [1.165, 1.54) is 18.2 Å². The first-order valence-electron chi connectivity index (χ1n) is 10.2. The number of benzene rings is 3. The van der Waals surface area contributed by atoms with Crippen molar-refractivity contribution in [1.82, 2.24) is 0 Å². The largest absolute Gasteiger partial charge is 0.508 e. The average molecular weight is 418 g/mol. The molecule has 0 saturated carbocycles. The molecule has 160 valence electrons. The fraction of sp³-hybridized carbons (Fsp3) is 0.192. The van der Waals surface area contributed by atoms with Crippen LogP contribution in [0.15, 0.2) is 72.8 Å². The lowest BCUT2D eigenvalue weighted by Crippen LogP contribution is -2.01. The lowest BCUT2D eigenvalue weighted by Gasteiger charge is -2.13. The van der Waals surface area contributed by atoms with Crippen molar-refractivity contribution in [3.05, 3.63) is 89.5 Å². The second-order valence-corrected chi connectivity index (χ2v) is 6.76. The fourth-order valence-electron chi connectivity index (χ4n) is 2.99. The molecule has 5 heteroatoms. The maximum absolute atomic E-state index is 12.3. The van der Waals surface area contributed by atoms with E-state index in [-0.39, 0.29) is 11.5 Å².